The van der Waals surface area contributed by atoms with E-state index in [1.54, 1.807) is 25.1 Å². The van der Waals surface area contributed by atoms with Crippen molar-refractivity contribution in [3.8, 4) is 5.75 Å². The van der Waals surface area contributed by atoms with Crippen molar-refractivity contribution in [1.82, 2.24) is 10.2 Å². The molecule has 2 aromatic rings. The first-order chi connectivity index (χ1) is 11.8. The Kier molecular flexibility index (Phi) is 4.55. The Balaban J connectivity index is 1.76. The lowest BCUT2D eigenvalue weighted by molar-refractivity contribution is -0.138. The molecule has 0 bridgehead atoms. The number of ether oxygens (including phenoxy) is 1. The van der Waals surface area contributed by atoms with Crippen molar-refractivity contribution >= 4 is 28.1 Å². The highest BCUT2D eigenvalue weighted by molar-refractivity contribution is 7.15. The average Bonchev–Trinajstić information content (AvgIpc) is 3.02. The van der Waals surface area contributed by atoms with Crippen LogP contribution in [0.5, 0.6) is 5.75 Å². The molecule has 0 saturated carbocycles. The summed E-state index contributed by atoms with van der Waals surface area (Å²) in [5.74, 6) is 0.341. The number of fused-ring (bicyclic) bond motifs is 1. The lowest BCUT2D eigenvalue weighted by Crippen LogP contribution is -2.36. The zero-order chi connectivity index (χ0) is 18.2. The molecule has 0 fully saturated rings. The Morgan fingerprint density at radius 1 is 1.40 bits per heavy atom. The molecule has 1 aromatic heterocycles. The van der Waals surface area contributed by atoms with E-state index < -0.39 is 17.3 Å². The smallest absolute Gasteiger partial charge is 0.445 e. The van der Waals surface area contributed by atoms with Crippen LogP contribution in [0.25, 0.3) is 0 Å². The SMILES string of the molecule is CCC1Oc2cc(C(C)Nc3nnc(C(F)(F)F)s3)ccc2NC1=O. The fourth-order valence-corrected chi connectivity index (χ4v) is 3.06. The molecule has 10 heteroatoms. The second-order valence-corrected chi connectivity index (χ2v) is 6.51. The third-order valence-corrected chi connectivity index (χ3v) is 4.60. The molecule has 2 atom stereocenters. The molecule has 6 nitrogen and oxygen atoms in total. The van der Waals surface area contributed by atoms with Crippen LogP contribution in [0.4, 0.5) is 24.0 Å². The Morgan fingerprint density at radius 3 is 2.80 bits per heavy atom. The summed E-state index contributed by atoms with van der Waals surface area (Å²) < 4.78 is 43.4. The van der Waals surface area contributed by atoms with Gasteiger partial charge in [0, 0.05) is 0 Å². The molecule has 0 saturated heterocycles. The Morgan fingerprint density at radius 2 is 2.16 bits per heavy atom. The first-order valence-corrected chi connectivity index (χ1v) is 8.38. The van der Waals surface area contributed by atoms with Gasteiger partial charge in [0.2, 0.25) is 10.1 Å². The largest absolute Gasteiger partial charge is 0.478 e. The van der Waals surface area contributed by atoms with Gasteiger partial charge in [-0.3, -0.25) is 4.79 Å². The Bertz CT molecular complexity index is 793. The van der Waals surface area contributed by atoms with Gasteiger partial charge >= 0.3 is 6.18 Å². The van der Waals surface area contributed by atoms with Gasteiger partial charge in [0.1, 0.15) is 5.75 Å². The highest BCUT2D eigenvalue weighted by Crippen LogP contribution is 2.36. The quantitative estimate of drug-likeness (QED) is 0.853. The second kappa shape index (κ2) is 6.51. The van der Waals surface area contributed by atoms with E-state index in [0.29, 0.717) is 29.2 Å². The lowest BCUT2D eigenvalue weighted by Gasteiger charge is -2.26. The molecule has 2 N–H and O–H groups in total. The first-order valence-electron chi connectivity index (χ1n) is 7.56. The van der Waals surface area contributed by atoms with Crippen molar-refractivity contribution in [1.29, 1.82) is 0 Å². The van der Waals surface area contributed by atoms with Crippen molar-refractivity contribution in [2.24, 2.45) is 0 Å². The number of benzene rings is 1. The van der Waals surface area contributed by atoms with Gasteiger partial charge in [0.25, 0.3) is 5.91 Å². The van der Waals surface area contributed by atoms with Crippen LogP contribution < -0.4 is 15.4 Å². The van der Waals surface area contributed by atoms with Gasteiger partial charge in [-0.1, -0.05) is 24.3 Å². The van der Waals surface area contributed by atoms with Crippen molar-refractivity contribution < 1.29 is 22.7 Å². The van der Waals surface area contributed by atoms with Crippen LogP contribution in [0.2, 0.25) is 0 Å². The summed E-state index contributed by atoms with van der Waals surface area (Å²) in [6.45, 7) is 3.63. The Hall–Kier alpha value is -2.36. The highest BCUT2D eigenvalue weighted by Gasteiger charge is 2.35. The van der Waals surface area contributed by atoms with Crippen LogP contribution in [0, 0.1) is 0 Å². The molecule has 1 amide bonds. The summed E-state index contributed by atoms with van der Waals surface area (Å²) in [5.41, 5.74) is 1.36. The van der Waals surface area contributed by atoms with Gasteiger partial charge in [-0.2, -0.15) is 13.2 Å². The van der Waals surface area contributed by atoms with Crippen LogP contribution in [0.1, 0.15) is 36.9 Å². The molecule has 1 aromatic carbocycles. The van der Waals surface area contributed by atoms with Gasteiger partial charge in [0.05, 0.1) is 11.7 Å². The number of nitrogens with zero attached hydrogens (tertiary/aromatic N) is 2. The van der Waals surface area contributed by atoms with E-state index in [0.717, 1.165) is 5.56 Å². The molecule has 1 aliphatic heterocycles. The predicted octanol–water partition coefficient (Wildman–Crippen LogP) is 3.84. The van der Waals surface area contributed by atoms with Crippen molar-refractivity contribution in [2.45, 2.75) is 38.6 Å². The van der Waals surface area contributed by atoms with Gasteiger partial charge in [-0.15, -0.1) is 10.2 Å². The number of nitrogens with one attached hydrogen (secondary N) is 2. The fourth-order valence-electron chi connectivity index (χ4n) is 2.36. The van der Waals surface area contributed by atoms with Crippen LogP contribution in [0.3, 0.4) is 0 Å². The van der Waals surface area contributed by atoms with Gasteiger partial charge in [0.15, 0.2) is 6.10 Å². The number of hydrogen-bond donors (Lipinski definition) is 2. The lowest BCUT2D eigenvalue weighted by atomic mass is 10.1. The van der Waals surface area contributed by atoms with Crippen LogP contribution >= 0.6 is 11.3 Å². The van der Waals surface area contributed by atoms with E-state index in [1.165, 1.54) is 0 Å². The number of anilines is 2. The number of hydrogen-bond acceptors (Lipinski definition) is 6. The maximum atomic E-state index is 12.6. The number of carbonyl (C=O) groups is 1. The summed E-state index contributed by atoms with van der Waals surface area (Å²) in [4.78, 5) is 11.8. The number of carbonyl (C=O) groups excluding carboxylic acids is 1. The van der Waals surface area contributed by atoms with Gasteiger partial charge in [-0.25, -0.2) is 0 Å². The second-order valence-electron chi connectivity index (χ2n) is 5.54. The third kappa shape index (κ3) is 3.68. The molecule has 1 aliphatic rings. The fraction of sp³-hybridized carbons (Fsp3) is 0.400. The molecule has 0 aliphatic carbocycles. The summed E-state index contributed by atoms with van der Waals surface area (Å²) in [7, 11) is 0. The molecule has 3 rings (SSSR count). The Labute approximate surface area is 145 Å². The van der Waals surface area contributed by atoms with Gasteiger partial charge < -0.3 is 15.4 Å². The highest BCUT2D eigenvalue weighted by atomic mass is 32.1. The van der Waals surface area contributed by atoms with E-state index >= 15 is 0 Å². The topological polar surface area (TPSA) is 76.1 Å². The molecular weight excluding hydrogens is 357 g/mol. The third-order valence-electron chi connectivity index (χ3n) is 3.70. The molecule has 2 unspecified atom stereocenters. The number of halogens is 3. The van der Waals surface area contributed by atoms with Crippen LogP contribution in [-0.4, -0.2) is 22.2 Å². The number of aromatic nitrogens is 2. The monoisotopic (exact) mass is 372 g/mol. The molecule has 0 radical (unpaired) electrons. The minimum Gasteiger partial charge on any atom is -0.478 e. The van der Waals surface area contributed by atoms with Crippen molar-refractivity contribution in [2.75, 3.05) is 10.6 Å². The van der Waals surface area contributed by atoms with Crippen molar-refractivity contribution in [3.05, 3.63) is 28.8 Å². The van der Waals surface area contributed by atoms with E-state index in [9.17, 15) is 18.0 Å². The minimum atomic E-state index is -4.51. The van der Waals surface area contributed by atoms with E-state index in [1.807, 2.05) is 6.92 Å². The molecule has 2 heterocycles. The maximum absolute atomic E-state index is 12.6. The molecule has 134 valence electrons. The minimum absolute atomic E-state index is 0.0817. The zero-order valence-electron chi connectivity index (χ0n) is 13.3. The zero-order valence-corrected chi connectivity index (χ0v) is 14.2. The number of amides is 1. The van der Waals surface area contributed by atoms with Crippen LogP contribution in [0.15, 0.2) is 18.2 Å². The summed E-state index contributed by atoms with van der Waals surface area (Å²) >= 11 is 0.449. The van der Waals surface area contributed by atoms with E-state index in [4.69, 9.17) is 4.74 Å². The van der Waals surface area contributed by atoms with E-state index in [-0.39, 0.29) is 17.1 Å². The summed E-state index contributed by atoms with van der Waals surface area (Å²) in [6.07, 6.45) is -4.52. The number of rotatable bonds is 4. The first kappa shape index (κ1) is 17.5. The molecule has 0 spiro atoms. The number of alkyl halides is 3. The van der Waals surface area contributed by atoms with E-state index in [2.05, 4.69) is 20.8 Å². The van der Waals surface area contributed by atoms with Crippen LogP contribution in [-0.2, 0) is 11.0 Å². The summed E-state index contributed by atoms with van der Waals surface area (Å²) in [6, 6.07) is 4.90. The van der Waals surface area contributed by atoms with Gasteiger partial charge in [-0.05, 0) is 31.0 Å². The average molecular weight is 372 g/mol. The normalized spacial score (nSPS) is 18.1. The molecule has 25 heavy (non-hydrogen) atoms. The summed E-state index contributed by atoms with van der Waals surface area (Å²) in [5, 5.41) is 11.4. The molecular formula is C15H15F3N4O2S. The standard InChI is InChI=1S/C15H15F3N4O2S/c1-3-10-12(23)20-9-5-4-8(6-11(9)24-10)7(2)19-14-22-21-13(25-14)15(16,17)18/h4-7,10H,3H2,1-2H3,(H,19,22)(H,20,23). The van der Waals surface area contributed by atoms with Crippen molar-refractivity contribution in [3.63, 3.8) is 0 Å². The maximum Gasteiger partial charge on any atom is 0.445 e. The predicted molar refractivity (Wildman–Crippen MR) is 86.7 cm³/mol.